The molecule has 6 heteroatoms. The third-order valence-corrected chi connectivity index (χ3v) is 4.14. The van der Waals surface area contributed by atoms with Crippen LogP contribution in [-0.2, 0) is 6.42 Å². The van der Waals surface area contributed by atoms with Gasteiger partial charge in [-0.05, 0) is 42.7 Å². The highest BCUT2D eigenvalue weighted by molar-refractivity contribution is 6.03. The number of carbonyl (C=O) groups is 1. The molecule has 0 spiro atoms. The van der Waals surface area contributed by atoms with Gasteiger partial charge in [-0.25, -0.2) is 9.97 Å². The predicted molar refractivity (Wildman–Crippen MR) is 102 cm³/mol. The van der Waals surface area contributed by atoms with Crippen LogP contribution in [0.25, 0.3) is 0 Å². The lowest BCUT2D eigenvalue weighted by atomic mass is 10.2. The summed E-state index contributed by atoms with van der Waals surface area (Å²) in [7, 11) is 1.96. The van der Waals surface area contributed by atoms with Crippen molar-refractivity contribution < 1.29 is 4.79 Å². The number of benzene rings is 1. The molecule has 0 unspecified atom stereocenters. The van der Waals surface area contributed by atoms with Crippen molar-refractivity contribution in [1.29, 1.82) is 0 Å². The Morgan fingerprint density at radius 3 is 2.54 bits per heavy atom. The van der Waals surface area contributed by atoms with Crippen LogP contribution < -0.4 is 10.2 Å². The summed E-state index contributed by atoms with van der Waals surface area (Å²) < 4.78 is 0. The van der Waals surface area contributed by atoms with Gasteiger partial charge in [0.2, 0.25) is 0 Å². The summed E-state index contributed by atoms with van der Waals surface area (Å²) in [4.78, 5) is 27.0. The Morgan fingerprint density at radius 1 is 1.08 bits per heavy atom. The predicted octanol–water partition coefficient (Wildman–Crippen LogP) is 3.11. The lowest BCUT2D eigenvalue weighted by Crippen LogP contribution is -2.22. The SMILES string of the molecule is Cc1ccccc1NC(=O)c1cnc(N(C)CCc2ccncc2)cn1. The van der Waals surface area contributed by atoms with Gasteiger partial charge in [0, 0.05) is 31.7 Å². The van der Waals surface area contributed by atoms with Crippen molar-refractivity contribution in [1.82, 2.24) is 15.0 Å². The number of carbonyl (C=O) groups excluding carboxylic acids is 1. The highest BCUT2D eigenvalue weighted by atomic mass is 16.1. The van der Waals surface area contributed by atoms with E-state index >= 15 is 0 Å². The van der Waals surface area contributed by atoms with Gasteiger partial charge in [-0.1, -0.05) is 18.2 Å². The lowest BCUT2D eigenvalue weighted by Gasteiger charge is -2.17. The van der Waals surface area contributed by atoms with Crippen LogP contribution in [0.4, 0.5) is 11.5 Å². The molecule has 0 bridgehead atoms. The first-order chi connectivity index (χ1) is 12.6. The Labute approximate surface area is 153 Å². The highest BCUT2D eigenvalue weighted by Gasteiger charge is 2.11. The van der Waals surface area contributed by atoms with Gasteiger partial charge in [0.1, 0.15) is 11.5 Å². The molecule has 6 nitrogen and oxygen atoms in total. The number of amides is 1. The summed E-state index contributed by atoms with van der Waals surface area (Å²) in [5.41, 5.74) is 3.28. The number of hydrogen-bond acceptors (Lipinski definition) is 5. The van der Waals surface area contributed by atoms with Gasteiger partial charge in [-0.2, -0.15) is 0 Å². The Balaban J connectivity index is 1.60. The van der Waals surface area contributed by atoms with Crippen LogP contribution in [-0.4, -0.2) is 34.5 Å². The second-order valence-corrected chi connectivity index (χ2v) is 6.06. The van der Waals surface area contributed by atoms with Crippen LogP contribution in [0.15, 0.2) is 61.2 Å². The maximum Gasteiger partial charge on any atom is 0.275 e. The molecule has 1 N–H and O–H groups in total. The van der Waals surface area contributed by atoms with Crippen LogP contribution in [0, 0.1) is 6.92 Å². The molecule has 1 amide bonds. The molecule has 132 valence electrons. The number of nitrogens with one attached hydrogen (secondary N) is 1. The maximum atomic E-state index is 12.3. The van der Waals surface area contributed by atoms with Crippen molar-refractivity contribution in [2.75, 3.05) is 23.8 Å². The number of aromatic nitrogens is 3. The van der Waals surface area contributed by atoms with E-state index in [0.29, 0.717) is 5.69 Å². The molecule has 0 atom stereocenters. The normalized spacial score (nSPS) is 10.4. The zero-order valence-corrected chi connectivity index (χ0v) is 14.9. The van der Waals surface area contributed by atoms with Crippen molar-refractivity contribution in [3.8, 4) is 0 Å². The van der Waals surface area contributed by atoms with Crippen LogP contribution in [0.3, 0.4) is 0 Å². The van der Waals surface area contributed by atoms with Crippen LogP contribution in [0.5, 0.6) is 0 Å². The molecule has 0 saturated heterocycles. The van der Waals surface area contributed by atoms with Crippen molar-refractivity contribution >= 4 is 17.4 Å². The number of anilines is 2. The molecule has 3 aromatic rings. The molecular weight excluding hydrogens is 326 g/mol. The summed E-state index contributed by atoms with van der Waals surface area (Å²) in [5.74, 6) is 0.462. The van der Waals surface area contributed by atoms with E-state index in [0.717, 1.165) is 30.0 Å². The van der Waals surface area contributed by atoms with E-state index in [9.17, 15) is 4.79 Å². The van der Waals surface area contributed by atoms with E-state index in [2.05, 4.69) is 20.3 Å². The molecular formula is C20H21N5O. The maximum absolute atomic E-state index is 12.3. The first-order valence-electron chi connectivity index (χ1n) is 8.42. The standard InChI is InChI=1S/C20H21N5O/c1-15-5-3-4-6-17(15)24-20(26)18-13-23-19(14-22-18)25(2)12-9-16-7-10-21-11-8-16/h3-8,10-11,13-14H,9,12H2,1-2H3,(H,24,26). The smallest absolute Gasteiger partial charge is 0.275 e. The number of nitrogens with zero attached hydrogens (tertiary/aromatic N) is 4. The zero-order chi connectivity index (χ0) is 18.4. The fourth-order valence-electron chi connectivity index (χ4n) is 2.50. The van der Waals surface area contributed by atoms with Crippen molar-refractivity contribution in [3.63, 3.8) is 0 Å². The molecule has 0 radical (unpaired) electrons. The van der Waals surface area contributed by atoms with Gasteiger partial charge in [0.25, 0.3) is 5.91 Å². The van der Waals surface area contributed by atoms with Gasteiger partial charge in [0.05, 0.1) is 12.4 Å². The quantitative estimate of drug-likeness (QED) is 0.742. The van der Waals surface area contributed by atoms with Crippen LogP contribution in [0.1, 0.15) is 21.6 Å². The number of likely N-dealkylation sites (N-methyl/N-ethyl adjacent to an activating group) is 1. The number of aryl methyl sites for hydroxylation is 1. The van der Waals surface area contributed by atoms with E-state index in [1.165, 1.54) is 11.8 Å². The number of hydrogen-bond donors (Lipinski definition) is 1. The first kappa shape index (κ1) is 17.5. The Kier molecular flexibility index (Phi) is 5.53. The summed E-state index contributed by atoms with van der Waals surface area (Å²) in [6, 6.07) is 11.6. The van der Waals surface area contributed by atoms with E-state index in [1.54, 1.807) is 18.6 Å². The number of rotatable bonds is 6. The molecule has 0 fully saturated rings. The van der Waals surface area contributed by atoms with E-state index in [-0.39, 0.29) is 5.91 Å². The van der Waals surface area contributed by atoms with Gasteiger partial charge in [-0.15, -0.1) is 0 Å². The Bertz CT molecular complexity index is 865. The van der Waals surface area contributed by atoms with Crippen molar-refractivity contribution in [3.05, 3.63) is 78.0 Å². The molecule has 0 saturated carbocycles. The van der Waals surface area contributed by atoms with E-state index in [1.807, 2.05) is 55.3 Å². The lowest BCUT2D eigenvalue weighted by molar-refractivity contribution is 0.102. The van der Waals surface area contributed by atoms with E-state index in [4.69, 9.17) is 0 Å². The third kappa shape index (κ3) is 4.42. The monoisotopic (exact) mass is 347 g/mol. The average molecular weight is 347 g/mol. The molecule has 26 heavy (non-hydrogen) atoms. The minimum Gasteiger partial charge on any atom is -0.358 e. The fourth-order valence-corrected chi connectivity index (χ4v) is 2.50. The minimum absolute atomic E-state index is 0.266. The molecule has 3 rings (SSSR count). The summed E-state index contributed by atoms with van der Waals surface area (Å²) in [5, 5.41) is 2.86. The Morgan fingerprint density at radius 2 is 1.85 bits per heavy atom. The topological polar surface area (TPSA) is 71.0 Å². The zero-order valence-electron chi connectivity index (χ0n) is 14.9. The van der Waals surface area contributed by atoms with Gasteiger partial charge in [0.15, 0.2) is 0 Å². The molecule has 2 heterocycles. The minimum atomic E-state index is -0.266. The Hall–Kier alpha value is -3.28. The second-order valence-electron chi connectivity index (χ2n) is 6.06. The summed E-state index contributed by atoms with van der Waals surface area (Å²) in [6.45, 7) is 2.75. The molecule has 1 aromatic carbocycles. The van der Waals surface area contributed by atoms with Crippen molar-refractivity contribution in [2.45, 2.75) is 13.3 Å². The highest BCUT2D eigenvalue weighted by Crippen LogP contribution is 2.15. The second kappa shape index (κ2) is 8.20. The average Bonchev–Trinajstić information content (AvgIpc) is 2.69. The van der Waals surface area contributed by atoms with Crippen molar-refractivity contribution in [2.24, 2.45) is 0 Å². The number of para-hydroxylation sites is 1. The van der Waals surface area contributed by atoms with E-state index < -0.39 is 0 Å². The molecule has 0 aliphatic rings. The molecule has 2 aromatic heterocycles. The van der Waals surface area contributed by atoms with Gasteiger partial charge >= 0.3 is 0 Å². The number of pyridine rings is 1. The first-order valence-corrected chi connectivity index (χ1v) is 8.42. The fraction of sp³-hybridized carbons (Fsp3) is 0.200. The summed E-state index contributed by atoms with van der Waals surface area (Å²) >= 11 is 0. The van der Waals surface area contributed by atoms with Gasteiger partial charge < -0.3 is 10.2 Å². The molecule has 0 aliphatic carbocycles. The summed E-state index contributed by atoms with van der Waals surface area (Å²) in [6.07, 6.45) is 7.59. The molecule has 0 aliphatic heterocycles. The van der Waals surface area contributed by atoms with Crippen LogP contribution >= 0.6 is 0 Å². The third-order valence-electron chi connectivity index (χ3n) is 4.14. The van der Waals surface area contributed by atoms with Gasteiger partial charge in [-0.3, -0.25) is 9.78 Å². The largest absolute Gasteiger partial charge is 0.358 e. The van der Waals surface area contributed by atoms with Crippen LogP contribution in [0.2, 0.25) is 0 Å².